The number of anilines is 1. The molecule has 0 aliphatic heterocycles. The third-order valence-corrected chi connectivity index (χ3v) is 4.06. The molecule has 0 aliphatic rings. The van der Waals surface area contributed by atoms with Crippen LogP contribution >= 0.6 is 23.2 Å². The Kier molecular flexibility index (Phi) is 7.37. The van der Waals surface area contributed by atoms with Crippen LogP contribution in [0.2, 0.25) is 10.0 Å². The fraction of sp³-hybridized carbons (Fsp3) is 0.278. The second kappa shape index (κ2) is 9.52. The quantitative estimate of drug-likeness (QED) is 0.689. The van der Waals surface area contributed by atoms with E-state index in [9.17, 15) is 4.79 Å². The summed E-state index contributed by atoms with van der Waals surface area (Å²) in [5.74, 6) is 0.775. The molecule has 2 aromatic rings. The van der Waals surface area contributed by atoms with Crippen LogP contribution in [0.5, 0.6) is 5.75 Å². The van der Waals surface area contributed by atoms with E-state index < -0.39 is 0 Å². The van der Waals surface area contributed by atoms with Gasteiger partial charge in [0.25, 0.3) is 0 Å². The van der Waals surface area contributed by atoms with Crippen molar-refractivity contribution in [1.82, 2.24) is 5.32 Å². The minimum absolute atomic E-state index is 0.107. The molecule has 2 N–H and O–H groups in total. The van der Waals surface area contributed by atoms with Crippen molar-refractivity contribution in [2.75, 3.05) is 25.5 Å². The first kappa shape index (κ1) is 18.6. The van der Waals surface area contributed by atoms with Crippen LogP contribution in [0, 0.1) is 0 Å². The minimum atomic E-state index is -0.107. The highest BCUT2D eigenvalue weighted by Crippen LogP contribution is 2.25. The van der Waals surface area contributed by atoms with Crippen molar-refractivity contribution in [1.29, 1.82) is 0 Å². The fourth-order valence-corrected chi connectivity index (χ4v) is 2.60. The molecular weight excluding hydrogens is 347 g/mol. The molecule has 6 heteroatoms. The standard InChI is InChI=1S/C18H20Cl2N2O2/c1-24-17-5-3-2-4-13(17)8-10-21-11-9-18(23)22-16-12-14(19)6-7-15(16)20/h2-7,12,21H,8-11H2,1H3,(H,22,23). The van der Waals surface area contributed by atoms with Crippen LogP contribution in [0.3, 0.4) is 0 Å². The number of ether oxygens (including phenoxy) is 1. The highest BCUT2D eigenvalue weighted by atomic mass is 35.5. The third kappa shape index (κ3) is 5.71. The predicted molar refractivity (Wildman–Crippen MR) is 99.3 cm³/mol. The Morgan fingerprint density at radius 2 is 1.92 bits per heavy atom. The molecule has 0 bridgehead atoms. The second-order valence-corrected chi connectivity index (χ2v) is 6.08. The zero-order chi connectivity index (χ0) is 17.4. The summed E-state index contributed by atoms with van der Waals surface area (Å²) in [6, 6.07) is 12.9. The van der Waals surface area contributed by atoms with Gasteiger partial charge in [-0.1, -0.05) is 41.4 Å². The fourth-order valence-electron chi connectivity index (χ4n) is 2.27. The summed E-state index contributed by atoms with van der Waals surface area (Å²) in [4.78, 5) is 11.9. The molecule has 0 saturated heterocycles. The van der Waals surface area contributed by atoms with E-state index in [0.717, 1.165) is 24.3 Å². The lowest BCUT2D eigenvalue weighted by atomic mass is 10.1. The van der Waals surface area contributed by atoms with E-state index in [1.807, 2.05) is 24.3 Å². The van der Waals surface area contributed by atoms with E-state index in [4.69, 9.17) is 27.9 Å². The summed E-state index contributed by atoms with van der Waals surface area (Å²) in [7, 11) is 1.66. The number of amides is 1. The monoisotopic (exact) mass is 366 g/mol. The number of para-hydroxylation sites is 1. The average molecular weight is 367 g/mol. The smallest absolute Gasteiger partial charge is 0.225 e. The van der Waals surface area contributed by atoms with E-state index in [1.54, 1.807) is 25.3 Å². The first-order valence-corrected chi connectivity index (χ1v) is 8.43. The number of carbonyl (C=O) groups excluding carboxylic acids is 1. The molecule has 0 unspecified atom stereocenters. The lowest BCUT2D eigenvalue weighted by molar-refractivity contribution is -0.116. The summed E-state index contributed by atoms with van der Waals surface area (Å²) in [5, 5.41) is 7.02. The van der Waals surface area contributed by atoms with Crippen LogP contribution in [0.1, 0.15) is 12.0 Å². The Labute approximate surface area is 152 Å². The van der Waals surface area contributed by atoms with E-state index in [2.05, 4.69) is 10.6 Å². The molecule has 4 nitrogen and oxygen atoms in total. The Hall–Kier alpha value is -1.75. The second-order valence-electron chi connectivity index (χ2n) is 5.23. The maximum atomic E-state index is 11.9. The number of hydrogen-bond acceptors (Lipinski definition) is 3. The molecule has 2 aromatic carbocycles. The van der Waals surface area contributed by atoms with Gasteiger partial charge in [-0.05, 0) is 42.8 Å². The molecule has 0 aromatic heterocycles. The summed E-state index contributed by atoms with van der Waals surface area (Å²) >= 11 is 11.9. The predicted octanol–water partition coefficient (Wildman–Crippen LogP) is 4.16. The molecule has 0 fully saturated rings. The van der Waals surface area contributed by atoms with Crippen molar-refractivity contribution in [2.24, 2.45) is 0 Å². The number of hydrogen-bond donors (Lipinski definition) is 2. The van der Waals surface area contributed by atoms with Crippen molar-refractivity contribution in [3.63, 3.8) is 0 Å². The van der Waals surface area contributed by atoms with E-state index in [1.165, 1.54) is 0 Å². The Bertz CT molecular complexity index is 692. The molecule has 24 heavy (non-hydrogen) atoms. The summed E-state index contributed by atoms with van der Waals surface area (Å²) in [6.07, 6.45) is 1.19. The molecule has 0 radical (unpaired) electrons. The van der Waals surface area contributed by atoms with Crippen molar-refractivity contribution in [2.45, 2.75) is 12.8 Å². The van der Waals surface area contributed by atoms with Gasteiger partial charge < -0.3 is 15.4 Å². The normalized spacial score (nSPS) is 10.5. The summed E-state index contributed by atoms with van der Waals surface area (Å²) in [5.41, 5.74) is 1.67. The van der Waals surface area contributed by atoms with Crippen LogP contribution in [-0.4, -0.2) is 26.1 Å². The van der Waals surface area contributed by atoms with Crippen LogP contribution in [0.4, 0.5) is 5.69 Å². The van der Waals surface area contributed by atoms with Gasteiger partial charge in [0.15, 0.2) is 0 Å². The summed E-state index contributed by atoms with van der Waals surface area (Å²) in [6.45, 7) is 1.35. The zero-order valence-corrected chi connectivity index (χ0v) is 15.0. The third-order valence-electron chi connectivity index (χ3n) is 3.49. The van der Waals surface area contributed by atoms with Crippen LogP contribution in [0.15, 0.2) is 42.5 Å². The van der Waals surface area contributed by atoms with Gasteiger partial charge in [-0.3, -0.25) is 4.79 Å². The van der Waals surface area contributed by atoms with Gasteiger partial charge in [-0.2, -0.15) is 0 Å². The van der Waals surface area contributed by atoms with Gasteiger partial charge in [0.2, 0.25) is 5.91 Å². The number of rotatable bonds is 8. The molecule has 1 amide bonds. The number of nitrogens with one attached hydrogen (secondary N) is 2. The minimum Gasteiger partial charge on any atom is -0.496 e. The lowest BCUT2D eigenvalue weighted by Gasteiger charge is -2.10. The Morgan fingerprint density at radius 3 is 2.71 bits per heavy atom. The average Bonchev–Trinajstić information content (AvgIpc) is 2.58. The van der Waals surface area contributed by atoms with Crippen LogP contribution in [0.25, 0.3) is 0 Å². The maximum Gasteiger partial charge on any atom is 0.225 e. The van der Waals surface area contributed by atoms with Crippen LogP contribution < -0.4 is 15.4 Å². The number of methoxy groups -OCH3 is 1. The molecular formula is C18H20Cl2N2O2. The molecule has 0 heterocycles. The Morgan fingerprint density at radius 1 is 1.12 bits per heavy atom. The molecule has 0 atom stereocenters. The van der Waals surface area contributed by atoms with Crippen LogP contribution in [-0.2, 0) is 11.2 Å². The Balaban J connectivity index is 1.70. The maximum absolute atomic E-state index is 11.9. The molecule has 128 valence electrons. The van der Waals surface area contributed by atoms with Gasteiger partial charge in [0.1, 0.15) is 5.75 Å². The first-order chi connectivity index (χ1) is 11.6. The van der Waals surface area contributed by atoms with Crippen molar-refractivity contribution in [3.05, 3.63) is 58.1 Å². The van der Waals surface area contributed by atoms with Crippen molar-refractivity contribution < 1.29 is 9.53 Å². The lowest BCUT2D eigenvalue weighted by Crippen LogP contribution is -2.23. The van der Waals surface area contributed by atoms with Crippen molar-refractivity contribution in [3.8, 4) is 5.75 Å². The van der Waals surface area contributed by atoms with Gasteiger partial charge in [-0.25, -0.2) is 0 Å². The number of halogens is 2. The molecule has 0 spiro atoms. The van der Waals surface area contributed by atoms with Gasteiger partial charge in [0.05, 0.1) is 17.8 Å². The number of benzene rings is 2. The zero-order valence-electron chi connectivity index (χ0n) is 13.4. The van der Waals surface area contributed by atoms with Gasteiger partial charge >= 0.3 is 0 Å². The van der Waals surface area contributed by atoms with Gasteiger partial charge in [-0.15, -0.1) is 0 Å². The highest BCUT2D eigenvalue weighted by Gasteiger charge is 2.07. The largest absolute Gasteiger partial charge is 0.496 e. The SMILES string of the molecule is COc1ccccc1CCNCCC(=O)Nc1cc(Cl)ccc1Cl. The molecule has 0 saturated carbocycles. The summed E-state index contributed by atoms with van der Waals surface area (Å²) < 4.78 is 5.31. The van der Waals surface area contributed by atoms with Gasteiger partial charge in [0, 0.05) is 18.0 Å². The first-order valence-electron chi connectivity index (χ1n) is 7.67. The topological polar surface area (TPSA) is 50.4 Å². The molecule has 2 rings (SSSR count). The van der Waals surface area contributed by atoms with E-state index in [-0.39, 0.29) is 5.91 Å². The van der Waals surface area contributed by atoms with E-state index in [0.29, 0.717) is 28.7 Å². The van der Waals surface area contributed by atoms with Crippen molar-refractivity contribution >= 4 is 34.8 Å². The van der Waals surface area contributed by atoms with E-state index >= 15 is 0 Å². The number of carbonyl (C=O) groups is 1. The highest BCUT2D eigenvalue weighted by molar-refractivity contribution is 6.35. The molecule has 0 aliphatic carbocycles.